The van der Waals surface area contributed by atoms with Crippen molar-refractivity contribution in [2.75, 3.05) is 0 Å². The minimum Gasteiger partial charge on any atom is -0.300 e. The van der Waals surface area contributed by atoms with Crippen LogP contribution in [0.5, 0.6) is 0 Å². The fourth-order valence-corrected chi connectivity index (χ4v) is 8.74. The Balaban J connectivity index is 2.15. The van der Waals surface area contributed by atoms with E-state index in [1.807, 2.05) is 0 Å². The summed E-state index contributed by atoms with van der Waals surface area (Å²) in [6.45, 7) is 10.6. The van der Waals surface area contributed by atoms with Crippen LogP contribution in [-0.4, -0.2) is 13.9 Å². The van der Waals surface area contributed by atoms with Crippen molar-refractivity contribution in [1.29, 1.82) is 0 Å². The van der Waals surface area contributed by atoms with Gasteiger partial charge in [-0.05, 0) is 49.9 Å². The van der Waals surface area contributed by atoms with Crippen molar-refractivity contribution >= 4 is 30.3 Å². The molecule has 0 bridgehead atoms. The maximum atomic E-state index is 12.3. The van der Waals surface area contributed by atoms with Crippen LogP contribution >= 0.6 is 0 Å². The molecule has 1 nitrogen and oxygen atoms in total. The molecule has 0 fully saturated rings. The Morgan fingerprint density at radius 3 is 1.77 bits per heavy atom. The highest BCUT2D eigenvalue weighted by Crippen LogP contribution is 2.30. The molecule has 154 valence electrons. The molecule has 0 spiro atoms. The van der Waals surface area contributed by atoms with Crippen LogP contribution < -0.4 is 10.4 Å². The zero-order valence-corrected chi connectivity index (χ0v) is 19.8. The van der Waals surface area contributed by atoms with E-state index in [0.717, 1.165) is 0 Å². The lowest BCUT2D eigenvalue weighted by atomic mass is 9.99. The maximum absolute atomic E-state index is 12.3. The second-order valence-electron chi connectivity index (χ2n) is 8.62. The third-order valence-electron chi connectivity index (χ3n) is 6.23. The zero-order chi connectivity index (χ0) is 21.7. The average Bonchev–Trinajstić information content (AvgIpc) is 2.72. The molecule has 1 atom stereocenters. The topological polar surface area (TPSA) is 17.1 Å². The molecular weight excluding hydrogens is 380 g/mol. The predicted molar refractivity (Wildman–Crippen MR) is 133 cm³/mol. The summed E-state index contributed by atoms with van der Waals surface area (Å²) in [5.74, 6) is 0.243. The summed E-state index contributed by atoms with van der Waals surface area (Å²) in [4.78, 5) is 12.3. The second kappa shape index (κ2) is 9.40. The minimum atomic E-state index is -2.20. The first kappa shape index (κ1) is 22.0. The molecule has 0 aromatic heterocycles. The summed E-state index contributed by atoms with van der Waals surface area (Å²) in [7, 11) is -2.20. The van der Waals surface area contributed by atoms with Crippen molar-refractivity contribution in [3.63, 3.8) is 0 Å². The highest BCUT2D eigenvalue weighted by atomic mass is 28.3. The number of hydrogen-bond acceptors (Lipinski definition) is 1. The van der Waals surface area contributed by atoms with Gasteiger partial charge in [-0.3, -0.25) is 0 Å². The summed E-state index contributed by atoms with van der Waals surface area (Å²) in [5.41, 5.74) is 5.31. The smallest absolute Gasteiger partial charge is 0.130 e. The summed E-state index contributed by atoms with van der Waals surface area (Å²) in [5, 5.41) is 2.73. The van der Waals surface area contributed by atoms with E-state index >= 15 is 0 Å². The number of carbonyl (C=O) groups is 1. The van der Waals surface area contributed by atoms with Gasteiger partial charge in [0.2, 0.25) is 0 Å². The van der Waals surface area contributed by atoms with Crippen LogP contribution in [0.15, 0.2) is 78.9 Å². The largest absolute Gasteiger partial charge is 0.300 e. The van der Waals surface area contributed by atoms with Gasteiger partial charge in [-0.1, -0.05) is 107 Å². The lowest BCUT2D eigenvalue weighted by Crippen LogP contribution is -2.59. The summed E-state index contributed by atoms with van der Waals surface area (Å²) < 4.78 is 0. The van der Waals surface area contributed by atoms with Crippen LogP contribution in [0, 0.1) is 20.8 Å². The molecule has 3 rings (SSSR count). The van der Waals surface area contributed by atoms with E-state index in [-0.39, 0.29) is 11.3 Å². The van der Waals surface area contributed by atoms with Gasteiger partial charge < -0.3 is 4.79 Å². The number of aryl methyl sites for hydroxylation is 3. The first-order chi connectivity index (χ1) is 14.3. The SMILES string of the molecule is CC(=O)CC(/C=C/c1c(C)cc(C)cc1C)[Si](C)(c1ccccc1)c1ccccc1. The van der Waals surface area contributed by atoms with Crippen LogP contribution in [0.1, 0.15) is 35.6 Å². The highest BCUT2D eigenvalue weighted by molar-refractivity contribution is 7.02. The van der Waals surface area contributed by atoms with Crippen molar-refractivity contribution < 1.29 is 4.79 Å². The Labute approximate surface area is 182 Å². The van der Waals surface area contributed by atoms with Gasteiger partial charge in [-0.15, -0.1) is 0 Å². The van der Waals surface area contributed by atoms with Crippen LogP contribution in [0.3, 0.4) is 0 Å². The Morgan fingerprint density at radius 2 is 1.33 bits per heavy atom. The summed E-state index contributed by atoms with van der Waals surface area (Å²) >= 11 is 0. The van der Waals surface area contributed by atoms with Crippen LogP contribution in [0.2, 0.25) is 12.1 Å². The third-order valence-corrected chi connectivity index (χ3v) is 11.2. The van der Waals surface area contributed by atoms with Gasteiger partial charge in [0.1, 0.15) is 13.9 Å². The first-order valence-corrected chi connectivity index (χ1v) is 13.3. The van der Waals surface area contributed by atoms with Gasteiger partial charge in [-0.25, -0.2) is 0 Å². The number of carbonyl (C=O) groups excluding carboxylic acids is 1. The molecule has 0 saturated heterocycles. The highest BCUT2D eigenvalue weighted by Gasteiger charge is 2.39. The van der Waals surface area contributed by atoms with Gasteiger partial charge in [0.15, 0.2) is 0 Å². The van der Waals surface area contributed by atoms with Crippen molar-refractivity contribution in [3.8, 4) is 0 Å². The fraction of sp³-hybridized carbons (Fsp3) is 0.250. The molecule has 0 aliphatic rings. The van der Waals surface area contributed by atoms with Crippen molar-refractivity contribution in [1.82, 2.24) is 0 Å². The third kappa shape index (κ3) is 4.71. The molecule has 0 saturated carbocycles. The zero-order valence-electron chi connectivity index (χ0n) is 18.8. The number of benzene rings is 3. The number of rotatable bonds is 7. The lowest BCUT2D eigenvalue weighted by Gasteiger charge is -2.35. The molecule has 3 aromatic rings. The van der Waals surface area contributed by atoms with Gasteiger partial charge in [0.25, 0.3) is 0 Å². The van der Waals surface area contributed by atoms with E-state index in [1.165, 1.54) is 32.6 Å². The number of hydrogen-bond donors (Lipinski definition) is 0. The summed E-state index contributed by atoms with van der Waals surface area (Å²) in [6, 6.07) is 26.0. The standard InChI is InChI=1S/C28H32OSi/c1-21-18-22(2)28(23(3)19-21)17-16-27(20-24(4)29)30(5,25-12-8-6-9-13-25)26-14-10-7-11-15-26/h6-19,27H,20H2,1-5H3/b17-16+. The Bertz CT molecular complexity index is 972. The molecule has 0 radical (unpaired) electrons. The van der Waals surface area contributed by atoms with Crippen LogP contribution in [-0.2, 0) is 4.79 Å². The predicted octanol–water partition coefficient (Wildman–Crippen LogP) is 5.87. The van der Waals surface area contributed by atoms with E-state index in [0.29, 0.717) is 6.42 Å². The van der Waals surface area contributed by atoms with Crippen LogP contribution in [0.25, 0.3) is 6.08 Å². The van der Waals surface area contributed by atoms with Crippen molar-refractivity contribution in [2.24, 2.45) is 0 Å². The molecule has 1 unspecified atom stereocenters. The Morgan fingerprint density at radius 1 is 0.867 bits per heavy atom. The molecule has 2 heteroatoms. The molecule has 0 N–H and O–H groups in total. The maximum Gasteiger partial charge on any atom is 0.130 e. The average molecular weight is 413 g/mol. The van der Waals surface area contributed by atoms with Gasteiger partial charge >= 0.3 is 0 Å². The van der Waals surface area contributed by atoms with Crippen LogP contribution in [0.4, 0.5) is 0 Å². The Kier molecular flexibility index (Phi) is 6.89. The number of ketones is 1. The molecule has 0 aliphatic heterocycles. The minimum absolute atomic E-state index is 0.180. The summed E-state index contributed by atoms with van der Waals surface area (Å²) in [6.07, 6.45) is 5.14. The quantitative estimate of drug-likeness (QED) is 0.444. The normalized spacial score (nSPS) is 12.8. The fourth-order valence-electron chi connectivity index (χ4n) is 4.60. The lowest BCUT2D eigenvalue weighted by molar-refractivity contribution is -0.116. The monoisotopic (exact) mass is 412 g/mol. The first-order valence-electron chi connectivity index (χ1n) is 10.7. The van der Waals surface area contributed by atoms with E-state index < -0.39 is 8.07 Å². The molecule has 0 amide bonds. The molecule has 3 aromatic carbocycles. The molecule has 30 heavy (non-hydrogen) atoms. The second-order valence-corrected chi connectivity index (χ2v) is 12.9. The van der Waals surface area contributed by atoms with E-state index in [4.69, 9.17) is 0 Å². The van der Waals surface area contributed by atoms with E-state index in [1.54, 1.807) is 6.92 Å². The molecule has 0 aliphatic carbocycles. The van der Waals surface area contributed by atoms with Crippen molar-refractivity contribution in [2.45, 2.75) is 46.2 Å². The van der Waals surface area contributed by atoms with Gasteiger partial charge in [0.05, 0.1) is 0 Å². The molecule has 0 heterocycles. The van der Waals surface area contributed by atoms with Gasteiger partial charge in [0, 0.05) is 6.42 Å². The number of Topliss-reactive ketones (excluding diaryl/α,β-unsaturated/α-hetero) is 1. The van der Waals surface area contributed by atoms with Gasteiger partial charge in [-0.2, -0.15) is 0 Å². The Hall–Kier alpha value is -2.71. The van der Waals surface area contributed by atoms with E-state index in [2.05, 4.69) is 112 Å². The molecular formula is C28H32OSi. The van der Waals surface area contributed by atoms with Crippen molar-refractivity contribution in [3.05, 3.63) is 101 Å². The van der Waals surface area contributed by atoms with E-state index in [9.17, 15) is 4.79 Å². The number of allylic oxidation sites excluding steroid dienone is 1.